The lowest BCUT2D eigenvalue weighted by atomic mass is 10.1. The third-order valence-electron chi connectivity index (χ3n) is 3.34. The molecule has 0 aliphatic heterocycles. The summed E-state index contributed by atoms with van der Waals surface area (Å²) in [6.07, 6.45) is 2.82. The number of ether oxygens (including phenoxy) is 2. The van der Waals surface area contributed by atoms with Crippen LogP contribution in [0.4, 0.5) is 5.69 Å². The van der Waals surface area contributed by atoms with Gasteiger partial charge in [0.15, 0.2) is 17.3 Å². The molecule has 0 bridgehead atoms. The molecule has 0 spiro atoms. The Morgan fingerprint density at radius 1 is 1.04 bits per heavy atom. The zero-order valence-electron chi connectivity index (χ0n) is 13.7. The summed E-state index contributed by atoms with van der Waals surface area (Å²) in [7, 11) is -0.711. The SMILES string of the molecule is COc1ccc(C(=O)/C=C\Nc2ccc(S(N)(=O)=O)cc2)cc1OC. The van der Waals surface area contributed by atoms with Crippen LogP contribution in [0.15, 0.2) is 59.6 Å². The first kappa shape index (κ1) is 18.5. The van der Waals surface area contributed by atoms with E-state index in [9.17, 15) is 13.2 Å². The van der Waals surface area contributed by atoms with E-state index in [4.69, 9.17) is 14.6 Å². The van der Waals surface area contributed by atoms with Crippen molar-refractivity contribution in [1.82, 2.24) is 0 Å². The minimum Gasteiger partial charge on any atom is -0.493 e. The number of primary sulfonamides is 1. The van der Waals surface area contributed by atoms with E-state index in [-0.39, 0.29) is 10.7 Å². The van der Waals surface area contributed by atoms with E-state index in [0.717, 1.165) is 0 Å². The summed E-state index contributed by atoms with van der Waals surface area (Å²) >= 11 is 0. The Morgan fingerprint density at radius 3 is 2.24 bits per heavy atom. The number of carbonyl (C=O) groups is 1. The number of carbonyl (C=O) groups excluding carboxylic acids is 1. The van der Waals surface area contributed by atoms with Crippen molar-refractivity contribution < 1.29 is 22.7 Å². The van der Waals surface area contributed by atoms with Crippen LogP contribution in [0.3, 0.4) is 0 Å². The lowest BCUT2D eigenvalue weighted by Gasteiger charge is -2.08. The molecule has 0 aliphatic carbocycles. The van der Waals surface area contributed by atoms with E-state index in [2.05, 4.69) is 5.32 Å². The molecule has 0 atom stereocenters. The third kappa shape index (κ3) is 4.82. The molecule has 8 heteroatoms. The molecule has 0 saturated carbocycles. The number of anilines is 1. The molecule has 0 aromatic heterocycles. The van der Waals surface area contributed by atoms with Gasteiger partial charge in [0.05, 0.1) is 19.1 Å². The summed E-state index contributed by atoms with van der Waals surface area (Å²) < 4.78 is 32.7. The summed E-state index contributed by atoms with van der Waals surface area (Å²) in [6.45, 7) is 0. The van der Waals surface area contributed by atoms with Gasteiger partial charge in [-0.1, -0.05) is 0 Å². The molecule has 0 fully saturated rings. The van der Waals surface area contributed by atoms with Crippen LogP contribution in [-0.4, -0.2) is 28.4 Å². The third-order valence-corrected chi connectivity index (χ3v) is 4.26. The normalized spacial score (nSPS) is 11.3. The summed E-state index contributed by atoms with van der Waals surface area (Å²) in [6, 6.07) is 10.7. The lowest BCUT2D eigenvalue weighted by molar-refractivity contribution is 0.104. The van der Waals surface area contributed by atoms with Gasteiger partial charge >= 0.3 is 0 Å². The zero-order chi connectivity index (χ0) is 18.4. The molecule has 0 aliphatic rings. The summed E-state index contributed by atoms with van der Waals surface area (Å²) in [4.78, 5) is 12.2. The molecular weight excluding hydrogens is 344 g/mol. The average Bonchev–Trinajstić information content (AvgIpc) is 2.60. The highest BCUT2D eigenvalue weighted by Crippen LogP contribution is 2.27. The van der Waals surface area contributed by atoms with Crippen molar-refractivity contribution in [3.63, 3.8) is 0 Å². The summed E-state index contributed by atoms with van der Waals surface area (Å²) in [5, 5.41) is 7.91. The van der Waals surface area contributed by atoms with Gasteiger partial charge in [0.25, 0.3) is 0 Å². The highest BCUT2D eigenvalue weighted by Gasteiger charge is 2.09. The molecule has 3 N–H and O–H groups in total. The maximum atomic E-state index is 12.2. The van der Waals surface area contributed by atoms with Gasteiger partial charge in [-0.15, -0.1) is 0 Å². The second-order valence-corrected chi connectivity index (χ2v) is 6.54. The number of benzene rings is 2. The van der Waals surface area contributed by atoms with Crippen LogP contribution < -0.4 is 19.9 Å². The van der Waals surface area contributed by atoms with Crippen molar-refractivity contribution in [3.8, 4) is 11.5 Å². The topological polar surface area (TPSA) is 108 Å². The Morgan fingerprint density at radius 2 is 1.68 bits per heavy atom. The molecule has 2 rings (SSSR count). The molecule has 0 saturated heterocycles. The Labute approximate surface area is 146 Å². The molecule has 0 unspecified atom stereocenters. The predicted octanol–water partition coefficient (Wildman–Crippen LogP) is 2.16. The largest absolute Gasteiger partial charge is 0.493 e. The highest BCUT2D eigenvalue weighted by atomic mass is 32.2. The average molecular weight is 362 g/mol. The first-order chi connectivity index (χ1) is 11.8. The van der Waals surface area contributed by atoms with E-state index >= 15 is 0 Å². The van der Waals surface area contributed by atoms with Gasteiger partial charge in [0, 0.05) is 23.5 Å². The van der Waals surface area contributed by atoms with Crippen LogP contribution in [0.25, 0.3) is 0 Å². The van der Waals surface area contributed by atoms with Gasteiger partial charge in [-0.3, -0.25) is 4.79 Å². The Balaban J connectivity index is 2.05. The van der Waals surface area contributed by atoms with Crippen molar-refractivity contribution in [2.75, 3.05) is 19.5 Å². The highest BCUT2D eigenvalue weighted by molar-refractivity contribution is 7.89. The van der Waals surface area contributed by atoms with Gasteiger partial charge in [-0.2, -0.15) is 0 Å². The van der Waals surface area contributed by atoms with Crippen LogP contribution in [0.1, 0.15) is 10.4 Å². The number of sulfonamides is 1. The maximum Gasteiger partial charge on any atom is 0.238 e. The molecular formula is C17H18N2O5S. The number of nitrogens with one attached hydrogen (secondary N) is 1. The Kier molecular flexibility index (Phi) is 5.79. The number of rotatable bonds is 7. The molecule has 2 aromatic carbocycles. The lowest BCUT2D eigenvalue weighted by Crippen LogP contribution is -2.11. The number of hydrogen-bond acceptors (Lipinski definition) is 6. The summed E-state index contributed by atoms with van der Waals surface area (Å²) in [5.74, 6) is 0.777. The first-order valence-corrected chi connectivity index (χ1v) is 8.72. The van der Waals surface area contributed by atoms with E-state index in [1.807, 2.05) is 0 Å². The first-order valence-electron chi connectivity index (χ1n) is 7.17. The minimum absolute atomic E-state index is 0.0171. The molecule has 25 heavy (non-hydrogen) atoms. The number of ketones is 1. The molecule has 132 valence electrons. The maximum absolute atomic E-state index is 12.2. The second kappa shape index (κ2) is 7.82. The fraction of sp³-hybridized carbons (Fsp3) is 0.118. The molecule has 0 amide bonds. The van der Waals surface area contributed by atoms with Crippen LogP contribution in [0.5, 0.6) is 11.5 Å². The van der Waals surface area contributed by atoms with Gasteiger partial charge in [-0.05, 0) is 42.5 Å². The van der Waals surface area contributed by atoms with Crippen LogP contribution in [0.2, 0.25) is 0 Å². The van der Waals surface area contributed by atoms with Crippen LogP contribution in [0, 0.1) is 0 Å². The fourth-order valence-electron chi connectivity index (χ4n) is 2.04. The van der Waals surface area contributed by atoms with E-state index in [0.29, 0.717) is 22.7 Å². The van der Waals surface area contributed by atoms with Gasteiger partial charge in [0.2, 0.25) is 10.0 Å². The van der Waals surface area contributed by atoms with Gasteiger partial charge < -0.3 is 14.8 Å². The molecule has 0 radical (unpaired) electrons. The van der Waals surface area contributed by atoms with Crippen LogP contribution >= 0.6 is 0 Å². The van der Waals surface area contributed by atoms with Gasteiger partial charge in [0.1, 0.15) is 0 Å². The predicted molar refractivity (Wildman–Crippen MR) is 94.5 cm³/mol. The van der Waals surface area contributed by atoms with Crippen LogP contribution in [-0.2, 0) is 10.0 Å². The number of nitrogens with two attached hydrogens (primary N) is 1. The number of allylic oxidation sites excluding steroid dienone is 1. The summed E-state index contributed by atoms with van der Waals surface area (Å²) in [5.41, 5.74) is 1.06. The molecule has 0 heterocycles. The van der Waals surface area contributed by atoms with Crippen molar-refractivity contribution in [2.24, 2.45) is 5.14 Å². The quantitative estimate of drug-likeness (QED) is 0.577. The monoisotopic (exact) mass is 362 g/mol. The number of hydrogen-bond donors (Lipinski definition) is 2. The Bertz CT molecular complexity index is 890. The zero-order valence-corrected chi connectivity index (χ0v) is 14.5. The Hall–Kier alpha value is -2.84. The standard InChI is InChI=1S/C17H18N2O5S/c1-23-16-8-3-12(11-17(16)24-2)15(20)9-10-19-13-4-6-14(7-5-13)25(18,21)22/h3-11,19H,1-2H3,(H2,18,21,22)/b10-9-. The number of methoxy groups -OCH3 is 2. The molecule has 2 aromatic rings. The smallest absolute Gasteiger partial charge is 0.238 e. The van der Waals surface area contributed by atoms with Crippen molar-refractivity contribution in [2.45, 2.75) is 4.90 Å². The van der Waals surface area contributed by atoms with Crippen molar-refractivity contribution in [3.05, 3.63) is 60.3 Å². The molecule has 7 nitrogen and oxygen atoms in total. The van der Waals surface area contributed by atoms with Crippen molar-refractivity contribution >= 4 is 21.5 Å². The van der Waals surface area contributed by atoms with Gasteiger partial charge in [-0.25, -0.2) is 13.6 Å². The van der Waals surface area contributed by atoms with E-state index in [1.54, 1.807) is 30.3 Å². The van der Waals surface area contributed by atoms with Crippen molar-refractivity contribution in [1.29, 1.82) is 0 Å². The fourth-order valence-corrected chi connectivity index (χ4v) is 2.56. The second-order valence-electron chi connectivity index (χ2n) is 4.98. The van der Waals surface area contributed by atoms with E-state index < -0.39 is 10.0 Å². The van der Waals surface area contributed by atoms with E-state index in [1.165, 1.54) is 38.6 Å². The minimum atomic E-state index is -3.72.